The van der Waals surface area contributed by atoms with Crippen LogP contribution in [0.15, 0.2) is 12.2 Å². The zero-order valence-electron chi connectivity index (χ0n) is 42.8. The number of hydrogen-bond acceptors (Lipinski definition) is 5. The first-order chi connectivity index (χ1) is 28.9. The topological polar surface area (TPSA) is 61.8 Å². The second-order valence-corrected chi connectivity index (χ2v) is 35.9. The van der Waals surface area contributed by atoms with Gasteiger partial charge in [0.2, 0.25) is 0 Å². The summed E-state index contributed by atoms with van der Waals surface area (Å²) in [6, 6.07) is 0. The Morgan fingerprint density at radius 3 is 1.34 bits per heavy atom. The van der Waals surface area contributed by atoms with Crippen LogP contribution in [0.3, 0.4) is 0 Å². The molecule has 8 aliphatic carbocycles. The molecule has 8 saturated carbocycles. The lowest BCUT2D eigenvalue weighted by Gasteiger charge is -2.63. The minimum Gasteiger partial charge on any atom is -0.466 e. The highest BCUT2D eigenvalue weighted by atomic mass is 28.4. The fraction of sp³-hybridized carbons (Fsp3) is 0.927. The summed E-state index contributed by atoms with van der Waals surface area (Å²) in [6.45, 7) is 34.2. The van der Waals surface area contributed by atoms with Gasteiger partial charge in [-0.25, -0.2) is 4.79 Å². The van der Waals surface area contributed by atoms with Gasteiger partial charge in [-0.05, 0) is 228 Å². The van der Waals surface area contributed by atoms with Crippen LogP contribution >= 0.6 is 0 Å². The van der Waals surface area contributed by atoms with Crippen LogP contribution in [0.5, 0.6) is 0 Å². The molecule has 0 spiro atoms. The van der Waals surface area contributed by atoms with Gasteiger partial charge in [0.1, 0.15) is 6.29 Å². The predicted molar refractivity (Wildman–Crippen MR) is 262 cm³/mol. The van der Waals surface area contributed by atoms with E-state index in [2.05, 4.69) is 101 Å². The van der Waals surface area contributed by atoms with Crippen molar-refractivity contribution in [1.29, 1.82) is 0 Å². The number of rotatable bonds is 9. The van der Waals surface area contributed by atoms with E-state index in [-0.39, 0.29) is 11.9 Å². The molecule has 0 radical (unpaired) electrons. The summed E-state index contributed by atoms with van der Waals surface area (Å²) >= 11 is 0. The molecule has 62 heavy (non-hydrogen) atoms. The Kier molecular flexibility index (Phi) is 14.3. The molecular weight excluding hydrogens is 797 g/mol. The lowest BCUT2D eigenvalue weighted by molar-refractivity contribution is -0.164. The minimum atomic E-state index is -1.62. The smallest absolute Gasteiger partial charge is 0.330 e. The summed E-state index contributed by atoms with van der Waals surface area (Å²) < 4.78 is 19.0. The van der Waals surface area contributed by atoms with E-state index in [0.29, 0.717) is 57.5 Å². The van der Waals surface area contributed by atoms with Crippen LogP contribution in [0.1, 0.15) is 158 Å². The van der Waals surface area contributed by atoms with E-state index in [1.54, 1.807) is 6.08 Å². The van der Waals surface area contributed by atoms with Crippen molar-refractivity contribution in [2.75, 3.05) is 7.11 Å². The Bertz CT molecular complexity index is 1620. The lowest BCUT2D eigenvalue weighted by Crippen LogP contribution is -2.60. The van der Waals surface area contributed by atoms with Crippen LogP contribution in [0.4, 0.5) is 0 Å². The maximum atomic E-state index is 11.7. The van der Waals surface area contributed by atoms with Crippen molar-refractivity contribution in [2.24, 2.45) is 105 Å². The van der Waals surface area contributed by atoms with Gasteiger partial charge in [-0.1, -0.05) is 74.3 Å². The number of aldehydes is 1. The summed E-state index contributed by atoms with van der Waals surface area (Å²) in [6.07, 6.45) is 27.6. The zero-order chi connectivity index (χ0) is 45.4. The Morgan fingerprint density at radius 1 is 0.565 bits per heavy atom. The summed E-state index contributed by atoms with van der Waals surface area (Å²) in [4.78, 5) is 23.4. The molecule has 8 rings (SSSR count). The fourth-order valence-corrected chi connectivity index (χ4v) is 20.6. The fourth-order valence-electron chi connectivity index (χ4n) is 18.3. The third-order valence-electron chi connectivity index (χ3n) is 21.2. The molecule has 7 heteroatoms. The highest BCUT2D eigenvalue weighted by molar-refractivity contribution is 6.70. The molecule has 0 aliphatic heterocycles. The first-order valence-corrected chi connectivity index (χ1v) is 33.3. The zero-order valence-corrected chi connectivity index (χ0v) is 44.8. The van der Waals surface area contributed by atoms with Crippen molar-refractivity contribution in [3.63, 3.8) is 0 Å². The molecular formula is C55H96O5Si2. The molecule has 0 amide bonds. The highest BCUT2D eigenvalue weighted by Gasteiger charge is 2.65. The van der Waals surface area contributed by atoms with Gasteiger partial charge in [0.05, 0.1) is 7.11 Å². The average molecular weight is 894 g/mol. The molecule has 8 fully saturated rings. The van der Waals surface area contributed by atoms with Gasteiger partial charge in [-0.15, -0.1) is 0 Å². The van der Waals surface area contributed by atoms with Crippen molar-refractivity contribution in [2.45, 2.75) is 210 Å². The Balaban J connectivity index is 0.000000188. The number of methoxy groups -OCH3 is 1. The van der Waals surface area contributed by atoms with Gasteiger partial charge in [0.15, 0.2) is 16.6 Å². The molecule has 0 aromatic carbocycles. The summed E-state index contributed by atoms with van der Waals surface area (Å²) in [5, 5.41) is 0. The van der Waals surface area contributed by atoms with E-state index in [1.807, 2.05) is 0 Å². The lowest BCUT2D eigenvalue weighted by atomic mass is 9.43. The highest BCUT2D eigenvalue weighted by Crippen LogP contribution is 2.71. The predicted octanol–water partition coefficient (Wildman–Crippen LogP) is 14.4. The molecule has 0 aromatic rings. The quantitative estimate of drug-likeness (QED) is 0.0999. The van der Waals surface area contributed by atoms with Crippen molar-refractivity contribution in [3.8, 4) is 0 Å². The largest absolute Gasteiger partial charge is 0.466 e. The minimum absolute atomic E-state index is 0.209. The maximum Gasteiger partial charge on any atom is 0.330 e. The summed E-state index contributed by atoms with van der Waals surface area (Å²) in [5.74, 6) is 9.67. The third kappa shape index (κ3) is 9.14. The second-order valence-electron chi connectivity index (χ2n) is 26.9. The van der Waals surface area contributed by atoms with Crippen LogP contribution in [-0.2, 0) is 23.2 Å². The molecule has 20 atom stereocenters. The first-order valence-electron chi connectivity index (χ1n) is 26.5. The maximum absolute atomic E-state index is 11.7. The Hall–Kier alpha value is -0.766. The molecule has 0 unspecified atom stereocenters. The van der Waals surface area contributed by atoms with E-state index in [0.717, 1.165) is 53.3 Å². The van der Waals surface area contributed by atoms with Gasteiger partial charge in [-0.3, -0.25) is 0 Å². The Morgan fingerprint density at radius 2 is 0.952 bits per heavy atom. The van der Waals surface area contributed by atoms with Crippen molar-refractivity contribution in [1.82, 2.24) is 0 Å². The van der Waals surface area contributed by atoms with Crippen LogP contribution in [0.2, 0.25) is 39.3 Å². The number of hydrogen-bond donors (Lipinski definition) is 0. The number of ether oxygens (including phenoxy) is 1. The van der Waals surface area contributed by atoms with E-state index < -0.39 is 16.6 Å². The van der Waals surface area contributed by atoms with Crippen LogP contribution in [0.25, 0.3) is 0 Å². The van der Waals surface area contributed by atoms with Crippen molar-refractivity contribution in [3.05, 3.63) is 12.2 Å². The van der Waals surface area contributed by atoms with Crippen LogP contribution < -0.4 is 0 Å². The molecule has 354 valence electrons. The number of allylic oxidation sites excluding steroid dienone is 1. The monoisotopic (exact) mass is 893 g/mol. The molecule has 0 saturated heterocycles. The molecule has 0 aromatic heterocycles. The number of carbonyl (C=O) groups excluding carboxylic acids is 2. The van der Waals surface area contributed by atoms with E-state index in [4.69, 9.17) is 13.6 Å². The van der Waals surface area contributed by atoms with Gasteiger partial charge in [-0.2, -0.15) is 0 Å². The number of esters is 1. The standard InChI is InChI=1S/C29H50O3Si.C26H46O2Si/c1-19-13-15-28(3)21(17-19)18-25(32-33(6,7)8)27-23-11-10-22(20(2)9-12-26(30)31-5)29(23,4)16-14-24(27)28;1-17-10-12-25(3)19(14-17)15-23(28-29(5,6)7)24-21-9-8-20(18(2)16-27)26(21,4)13-11-22(24)25/h9,12,19-25,27H,10-11,13-18H2,1-8H3;16-24H,8-15H2,1-7H3/b12-9+;/t19-,20-,21+,22-,23+,24+,25-,27+,28+,29-;17-,18-,19+,20-,21+,22+,23-,24+,25+,26-/m11/s1. The number of fused-ring (bicyclic) bond motifs is 10. The van der Waals surface area contributed by atoms with E-state index in [9.17, 15) is 9.59 Å². The molecule has 5 nitrogen and oxygen atoms in total. The molecule has 8 aliphatic rings. The van der Waals surface area contributed by atoms with E-state index >= 15 is 0 Å². The normalized spacial score (nSPS) is 48.5. The SMILES string of the molecule is COC(=O)/C=C/[C@@H](C)[C@H]1CC[C@H]2[C@@H]3[C@H](O[Si](C)(C)C)C[C@@H]4C[C@H](C)CC[C@]4(C)[C@H]3CC[C@]12C.C[C@@H]1CC[C@@]2(C)[C@@H](C1)C[C@@H](O[Si](C)(C)C)[C@@H]1[C@@H]2CC[C@]2(C)[C@@H]([C@H](C)C=O)CC[C@@H]12. The van der Waals surface area contributed by atoms with Crippen LogP contribution in [-0.4, -0.2) is 48.2 Å². The second kappa shape index (κ2) is 18.0. The van der Waals surface area contributed by atoms with Crippen molar-refractivity contribution < 1.29 is 23.2 Å². The van der Waals surface area contributed by atoms with Gasteiger partial charge in [0, 0.05) is 24.2 Å². The average Bonchev–Trinajstić information content (AvgIpc) is 3.73. The third-order valence-corrected chi connectivity index (χ3v) is 23.2. The van der Waals surface area contributed by atoms with Gasteiger partial charge < -0.3 is 18.4 Å². The number of carbonyl (C=O) groups is 2. The van der Waals surface area contributed by atoms with Gasteiger partial charge >= 0.3 is 5.97 Å². The Labute approximate surface area is 383 Å². The van der Waals surface area contributed by atoms with Crippen LogP contribution in [0, 0.1) is 105 Å². The summed E-state index contributed by atoms with van der Waals surface area (Å²) in [7, 11) is -1.74. The molecule has 0 bridgehead atoms. The first kappa shape index (κ1) is 49.1. The van der Waals surface area contributed by atoms with Crippen molar-refractivity contribution >= 4 is 28.9 Å². The van der Waals surface area contributed by atoms with E-state index in [1.165, 1.54) is 116 Å². The van der Waals surface area contributed by atoms with Gasteiger partial charge in [0.25, 0.3) is 0 Å². The molecule has 0 heterocycles. The summed E-state index contributed by atoms with van der Waals surface area (Å²) in [5.41, 5.74) is 1.72. The molecule has 0 N–H and O–H groups in total.